The number of nitrogens with one attached hydrogen (secondary N) is 1. The summed E-state index contributed by atoms with van der Waals surface area (Å²) in [7, 11) is 0. The molecule has 10 nitrogen and oxygen atoms in total. The lowest BCUT2D eigenvalue weighted by atomic mass is 10.00. The van der Waals surface area contributed by atoms with Crippen molar-refractivity contribution in [1.82, 2.24) is 15.2 Å². The zero-order valence-electron chi connectivity index (χ0n) is 11.8. The van der Waals surface area contributed by atoms with Crippen LogP contribution in [0.5, 0.6) is 0 Å². The molecule has 3 atom stereocenters. The number of aliphatic carboxylic acids is 1. The standard InChI is InChI=1S/C12H10N4O6S2/c13-12-14-3(1-24-12)7(18)8(19)15-5-9(20)16-6(11(21)22)4(17)2-23-10(5)16/h1,5-6,10H,2H2,(H2,13,14)(H,15,19)(H,21,22)/t5?,6?,10-/m0/s1. The van der Waals surface area contributed by atoms with E-state index < -0.39 is 46.8 Å². The summed E-state index contributed by atoms with van der Waals surface area (Å²) in [6, 6.07) is -2.61. The van der Waals surface area contributed by atoms with Gasteiger partial charge in [-0.2, -0.15) is 0 Å². The van der Waals surface area contributed by atoms with Crippen molar-refractivity contribution in [2.24, 2.45) is 0 Å². The number of hydrogen-bond acceptors (Lipinski definition) is 9. The van der Waals surface area contributed by atoms with Gasteiger partial charge in [-0.05, 0) is 0 Å². The van der Waals surface area contributed by atoms with Gasteiger partial charge in [0, 0.05) is 5.38 Å². The first-order valence-electron chi connectivity index (χ1n) is 6.56. The van der Waals surface area contributed by atoms with Crippen LogP contribution in [0, 0.1) is 0 Å². The molecule has 4 N–H and O–H groups in total. The van der Waals surface area contributed by atoms with E-state index in [9.17, 15) is 24.0 Å². The number of rotatable bonds is 4. The molecule has 3 heterocycles. The number of nitrogens with two attached hydrogens (primary N) is 1. The Balaban J connectivity index is 1.70. The summed E-state index contributed by atoms with van der Waals surface area (Å²) in [6.07, 6.45) is 0. The van der Waals surface area contributed by atoms with E-state index >= 15 is 0 Å². The smallest absolute Gasteiger partial charge is 0.334 e. The third-order valence-corrected chi connectivity index (χ3v) is 5.51. The minimum absolute atomic E-state index is 0.0889. The number of thiazole rings is 1. The van der Waals surface area contributed by atoms with Crippen molar-refractivity contribution < 1.29 is 29.1 Å². The Morgan fingerprint density at radius 1 is 1.38 bits per heavy atom. The third-order valence-electron chi connectivity index (χ3n) is 3.54. The maximum absolute atomic E-state index is 12.1. The van der Waals surface area contributed by atoms with E-state index in [1.165, 1.54) is 5.38 Å². The molecular weight excluding hydrogens is 360 g/mol. The summed E-state index contributed by atoms with van der Waals surface area (Å²) in [4.78, 5) is 63.4. The molecule has 2 aliphatic heterocycles. The van der Waals surface area contributed by atoms with Gasteiger partial charge in [0.1, 0.15) is 17.1 Å². The molecule has 12 heteroatoms. The second kappa shape index (κ2) is 5.87. The number of fused-ring (bicyclic) bond motifs is 1. The summed E-state index contributed by atoms with van der Waals surface area (Å²) in [5, 5.41) is 12.1. The number of thioether (sulfide) groups is 1. The second-order valence-corrected chi connectivity index (χ2v) is 7.00. The van der Waals surface area contributed by atoms with Gasteiger partial charge in [-0.3, -0.25) is 19.2 Å². The number of β-lactam (4-membered cyclic amide) rings is 1. The molecule has 0 aromatic carbocycles. The summed E-state index contributed by atoms with van der Waals surface area (Å²) in [5.74, 6) is -4.79. The lowest BCUT2D eigenvalue weighted by Gasteiger charge is -2.50. The van der Waals surface area contributed by atoms with Gasteiger partial charge in [-0.1, -0.05) is 0 Å². The molecule has 126 valence electrons. The fourth-order valence-electron chi connectivity index (χ4n) is 2.44. The van der Waals surface area contributed by atoms with Gasteiger partial charge < -0.3 is 21.1 Å². The molecule has 2 aliphatic rings. The number of aromatic nitrogens is 1. The lowest BCUT2D eigenvalue weighted by Crippen LogP contribution is -2.76. The van der Waals surface area contributed by atoms with E-state index in [1.54, 1.807) is 0 Å². The average molecular weight is 370 g/mol. The Bertz CT molecular complexity index is 777. The van der Waals surface area contributed by atoms with Crippen LogP contribution < -0.4 is 11.1 Å². The van der Waals surface area contributed by atoms with Crippen LogP contribution in [-0.4, -0.2) is 67.6 Å². The highest BCUT2D eigenvalue weighted by molar-refractivity contribution is 8.00. The van der Waals surface area contributed by atoms with Gasteiger partial charge in [-0.15, -0.1) is 23.1 Å². The average Bonchev–Trinajstić information content (AvgIpc) is 2.97. The maximum atomic E-state index is 12.1. The quantitative estimate of drug-likeness (QED) is 0.244. The maximum Gasteiger partial charge on any atom is 0.334 e. The topological polar surface area (TPSA) is 160 Å². The second-order valence-electron chi connectivity index (χ2n) is 5.01. The highest BCUT2D eigenvalue weighted by atomic mass is 32.2. The summed E-state index contributed by atoms with van der Waals surface area (Å²) >= 11 is 2.04. The fraction of sp³-hybridized carbons (Fsp3) is 0.333. The van der Waals surface area contributed by atoms with Crippen molar-refractivity contribution in [3.05, 3.63) is 11.1 Å². The van der Waals surface area contributed by atoms with Crippen LogP contribution >= 0.6 is 23.1 Å². The van der Waals surface area contributed by atoms with Crippen LogP contribution in [0.4, 0.5) is 5.13 Å². The molecule has 3 rings (SSSR count). The van der Waals surface area contributed by atoms with Gasteiger partial charge in [0.2, 0.25) is 5.91 Å². The summed E-state index contributed by atoms with van der Waals surface area (Å²) < 4.78 is 0. The van der Waals surface area contributed by atoms with Crippen molar-refractivity contribution in [2.45, 2.75) is 17.5 Å². The number of carboxylic acid groups (broad SMARTS) is 1. The van der Waals surface area contributed by atoms with Crippen LogP contribution in [0.1, 0.15) is 10.5 Å². The van der Waals surface area contributed by atoms with Gasteiger partial charge in [0.25, 0.3) is 11.7 Å². The van der Waals surface area contributed by atoms with Crippen molar-refractivity contribution in [3.8, 4) is 0 Å². The van der Waals surface area contributed by atoms with Crippen molar-refractivity contribution in [3.63, 3.8) is 0 Å². The number of carboxylic acids is 1. The van der Waals surface area contributed by atoms with E-state index in [1.807, 2.05) is 0 Å². The third kappa shape index (κ3) is 2.53. The van der Waals surface area contributed by atoms with E-state index in [2.05, 4.69) is 10.3 Å². The van der Waals surface area contributed by atoms with E-state index in [0.717, 1.165) is 28.0 Å². The van der Waals surface area contributed by atoms with Gasteiger partial charge in [-0.25, -0.2) is 9.78 Å². The minimum Gasteiger partial charge on any atom is -0.479 e. The number of carbonyl (C=O) groups excluding carboxylic acids is 4. The van der Waals surface area contributed by atoms with E-state index in [0.29, 0.717) is 0 Å². The predicted octanol–water partition coefficient (Wildman–Crippen LogP) is -1.67. The largest absolute Gasteiger partial charge is 0.479 e. The molecular formula is C12H10N4O6S2. The summed E-state index contributed by atoms with van der Waals surface area (Å²) in [6.45, 7) is 0. The first-order chi connectivity index (χ1) is 11.3. The molecule has 0 saturated carbocycles. The fourth-order valence-corrected chi connectivity index (χ4v) is 4.24. The van der Waals surface area contributed by atoms with E-state index in [-0.39, 0.29) is 16.6 Å². The van der Waals surface area contributed by atoms with E-state index in [4.69, 9.17) is 10.8 Å². The number of Topliss-reactive ketones (excluding diaryl/α,β-unsaturated/α-hetero) is 2. The van der Waals surface area contributed by atoms with Crippen LogP contribution in [0.25, 0.3) is 0 Å². The zero-order valence-corrected chi connectivity index (χ0v) is 13.4. The first-order valence-corrected chi connectivity index (χ1v) is 8.49. The highest BCUT2D eigenvalue weighted by Gasteiger charge is 2.58. The molecule has 2 fully saturated rings. The number of carbonyl (C=O) groups is 5. The zero-order chi connectivity index (χ0) is 17.6. The normalized spacial score (nSPS) is 25.7. The van der Waals surface area contributed by atoms with Crippen LogP contribution in [0.3, 0.4) is 0 Å². The molecule has 2 saturated heterocycles. The van der Waals surface area contributed by atoms with Crippen molar-refractivity contribution in [2.75, 3.05) is 11.5 Å². The Labute approximate surface area is 142 Å². The minimum atomic E-state index is -1.55. The Hall–Kier alpha value is -2.47. The van der Waals surface area contributed by atoms with Gasteiger partial charge in [0.05, 0.1) is 5.75 Å². The van der Waals surface area contributed by atoms with Crippen LogP contribution in [-0.2, 0) is 19.2 Å². The summed E-state index contributed by atoms with van der Waals surface area (Å²) in [5.41, 5.74) is 5.26. The monoisotopic (exact) mass is 370 g/mol. The SMILES string of the molecule is Nc1nc(C(=O)C(=O)NC2C(=O)N3C(C(=O)O)C(=O)CS[C@@H]23)cs1. The molecule has 1 aromatic rings. The van der Waals surface area contributed by atoms with Crippen LogP contribution in [0.2, 0.25) is 0 Å². The predicted molar refractivity (Wildman–Crippen MR) is 82.3 cm³/mol. The number of nitrogens with zero attached hydrogens (tertiary/aromatic N) is 2. The first kappa shape index (κ1) is 16.4. The number of anilines is 1. The molecule has 24 heavy (non-hydrogen) atoms. The van der Waals surface area contributed by atoms with Crippen molar-refractivity contribution >= 4 is 57.6 Å². The highest BCUT2D eigenvalue weighted by Crippen LogP contribution is 2.36. The Morgan fingerprint density at radius 3 is 2.67 bits per heavy atom. The van der Waals surface area contributed by atoms with Gasteiger partial charge >= 0.3 is 5.97 Å². The lowest BCUT2D eigenvalue weighted by molar-refractivity contribution is -0.165. The van der Waals surface area contributed by atoms with Gasteiger partial charge in [0.15, 0.2) is 17.0 Å². The molecule has 0 spiro atoms. The number of ketones is 2. The number of nitrogen functional groups attached to an aromatic ring is 1. The molecule has 2 amide bonds. The van der Waals surface area contributed by atoms with Crippen LogP contribution in [0.15, 0.2) is 5.38 Å². The Morgan fingerprint density at radius 2 is 2.08 bits per heavy atom. The molecule has 0 aliphatic carbocycles. The number of amides is 2. The molecule has 0 bridgehead atoms. The Kier molecular flexibility index (Phi) is 4.01. The molecule has 0 radical (unpaired) electrons. The number of hydrogen-bond donors (Lipinski definition) is 3. The molecule has 2 unspecified atom stereocenters. The molecule has 1 aromatic heterocycles. The van der Waals surface area contributed by atoms with Crippen molar-refractivity contribution in [1.29, 1.82) is 0 Å².